The van der Waals surface area contributed by atoms with Crippen molar-refractivity contribution in [2.75, 3.05) is 41.0 Å². The highest BCUT2D eigenvalue weighted by Gasteiger charge is 2.23. The summed E-state index contributed by atoms with van der Waals surface area (Å²) in [5.41, 5.74) is 0.375. The number of hydrogen-bond acceptors (Lipinski definition) is 6. The van der Waals surface area contributed by atoms with E-state index in [1.54, 1.807) is 12.1 Å². The lowest BCUT2D eigenvalue weighted by molar-refractivity contribution is -0.129. The van der Waals surface area contributed by atoms with E-state index in [1.165, 1.54) is 21.3 Å². The fourth-order valence-corrected chi connectivity index (χ4v) is 2.57. The Hall–Kier alpha value is -2.48. The zero-order valence-electron chi connectivity index (χ0n) is 14.7. The number of benzene rings is 1. The van der Waals surface area contributed by atoms with E-state index in [4.69, 9.17) is 18.9 Å². The summed E-state index contributed by atoms with van der Waals surface area (Å²) in [5.74, 6) is 0.785. The van der Waals surface area contributed by atoms with Gasteiger partial charge >= 0.3 is 0 Å². The van der Waals surface area contributed by atoms with Crippen molar-refractivity contribution in [3.05, 3.63) is 17.7 Å². The molecule has 138 valence electrons. The summed E-state index contributed by atoms with van der Waals surface area (Å²) in [6.45, 7) is 1.25. The maximum atomic E-state index is 12.3. The van der Waals surface area contributed by atoms with Crippen LogP contribution in [0.5, 0.6) is 17.2 Å². The van der Waals surface area contributed by atoms with Crippen LogP contribution < -0.4 is 24.8 Å². The fraction of sp³-hybridized carbons (Fsp3) is 0.529. The van der Waals surface area contributed by atoms with E-state index >= 15 is 0 Å². The van der Waals surface area contributed by atoms with Gasteiger partial charge in [0.05, 0.1) is 21.3 Å². The van der Waals surface area contributed by atoms with Crippen LogP contribution >= 0.6 is 0 Å². The molecule has 0 saturated carbocycles. The minimum atomic E-state index is -0.370. The first-order valence-electron chi connectivity index (χ1n) is 8.08. The van der Waals surface area contributed by atoms with Gasteiger partial charge in [0.15, 0.2) is 11.5 Å². The second kappa shape index (κ2) is 9.12. The van der Waals surface area contributed by atoms with Gasteiger partial charge in [-0.3, -0.25) is 9.59 Å². The lowest BCUT2D eigenvalue weighted by Crippen LogP contribution is -2.39. The molecule has 2 amide bonds. The van der Waals surface area contributed by atoms with Crippen LogP contribution in [0, 0.1) is 0 Å². The number of ether oxygens (including phenoxy) is 4. The number of nitrogens with one attached hydrogen (secondary N) is 2. The Kier molecular flexibility index (Phi) is 6.88. The number of amides is 2. The lowest BCUT2D eigenvalue weighted by atomic mass is 10.1. The first-order valence-corrected chi connectivity index (χ1v) is 8.08. The topological polar surface area (TPSA) is 95.1 Å². The Labute approximate surface area is 146 Å². The Morgan fingerprint density at radius 3 is 2.24 bits per heavy atom. The Morgan fingerprint density at radius 1 is 1.08 bits per heavy atom. The monoisotopic (exact) mass is 352 g/mol. The minimum Gasteiger partial charge on any atom is -0.493 e. The molecule has 0 radical (unpaired) electrons. The normalized spacial score (nSPS) is 16.2. The molecule has 1 aliphatic heterocycles. The van der Waals surface area contributed by atoms with Crippen LogP contribution in [0.4, 0.5) is 0 Å². The predicted molar refractivity (Wildman–Crippen MR) is 90.4 cm³/mol. The van der Waals surface area contributed by atoms with E-state index < -0.39 is 0 Å². The highest BCUT2D eigenvalue weighted by molar-refractivity contribution is 5.95. The van der Waals surface area contributed by atoms with Crippen LogP contribution in [-0.2, 0) is 9.53 Å². The molecule has 1 heterocycles. The highest BCUT2D eigenvalue weighted by atomic mass is 16.5. The van der Waals surface area contributed by atoms with Gasteiger partial charge in [-0.25, -0.2) is 0 Å². The maximum absolute atomic E-state index is 12.3. The van der Waals surface area contributed by atoms with Crippen molar-refractivity contribution in [2.24, 2.45) is 0 Å². The van der Waals surface area contributed by atoms with Crippen molar-refractivity contribution in [1.82, 2.24) is 10.6 Å². The summed E-state index contributed by atoms with van der Waals surface area (Å²) in [4.78, 5) is 24.1. The van der Waals surface area contributed by atoms with Crippen molar-refractivity contribution in [2.45, 2.75) is 18.9 Å². The second-order valence-corrected chi connectivity index (χ2v) is 5.46. The van der Waals surface area contributed by atoms with Gasteiger partial charge in [0.2, 0.25) is 11.7 Å². The van der Waals surface area contributed by atoms with E-state index in [-0.39, 0.29) is 17.9 Å². The quantitative estimate of drug-likeness (QED) is 0.670. The van der Waals surface area contributed by atoms with Gasteiger partial charge in [0.1, 0.15) is 6.10 Å². The molecule has 1 aromatic carbocycles. The van der Waals surface area contributed by atoms with Gasteiger partial charge in [-0.2, -0.15) is 0 Å². The predicted octanol–water partition coefficient (Wildman–Crippen LogP) is 0.737. The van der Waals surface area contributed by atoms with Crippen molar-refractivity contribution >= 4 is 11.8 Å². The van der Waals surface area contributed by atoms with Gasteiger partial charge in [-0.1, -0.05) is 0 Å². The van der Waals surface area contributed by atoms with Crippen LogP contribution in [0.25, 0.3) is 0 Å². The number of carbonyl (C=O) groups excluding carboxylic acids is 2. The van der Waals surface area contributed by atoms with E-state index in [9.17, 15) is 9.59 Å². The summed E-state index contributed by atoms with van der Waals surface area (Å²) >= 11 is 0. The number of hydrogen-bond donors (Lipinski definition) is 2. The molecule has 1 saturated heterocycles. The molecule has 8 nitrogen and oxygen atoms in total. The first-order chi connectivity index (χ1) is 12.1. The summed E-state index contributed by atoms with van der Waals surface area (Å²) in [6, 6.07) is 3.14. The highest BCUT2D eigenvalue weighted by Crippen LogP contribution is 2.38. The second-order valence-electron chi connectivity index (χ2n) is 5.46. The smallest absolute Gasteiger partial charge is 0.251 e. The van der Waals surface area contributed by atoms with Crippen molar-refractivity contribution < 1.29 is 28.5 Å². The zero-order chi connectivity index (χ0) is 18.2. The molecule has 1 atom stereocenters. The van der Waals surface area contributed by atoms with Crippen molar-refractivity contribution in [3.8, 4) is 17.2 Å². The largest absolute Gasteiger partial charge is 0.493 e. The maximum Gasteiger partial charge on any atom is 0.251 e. The molecule has 0 aromatic heterocycles. The number of methoxy groups -OCH3 is 3. The molecule has 1 aromatic rings. The van der Waals surface area contributed by atoms with Crippen LogP contribution in [0.3, 0.4) is 0 Å². The molecular formula is C17H24N2O6. The molecule has 25 heavy (non-hydrogen) atoms. The van der Waals surface area contributed by atoms with Gasteiger partial charge < -0.3 is 29.6 Å². The van der Waals surface area contributed by atoms with E-state index in [2.05, 4.69) is 10.6 Å². The summed E-state index contributed by atoms with van der Waals surface area (Å²) in [5, 5.41) is 5.49. The van der Waals surface area contributed by atoms with Gasteiger partial charge in [0.25, 0.3) is 5.91 Å². The molecule has 8 heteroatoms. The molecule has 1 aliphatic rings. The Morgan fingerprint density at radius 2 is 1.72 bits per heavy atom. The molecule has 2 rings (SSSR count). The van der Waals surface area contributed by atoms with E-state index in [0.717, 1.165) is 12.8 Å². The minimum absolute atomic E-state index is 0.139. The average Bonchev–Trinajstić information content (AvgIpc) is 3.18. The Balaban J connectivity index is 1.88. The summed E-state index contributed by atoms with van der Waals surface area (Å²) in [6.07, 6.45) is 1.27. The fourth-order valence-electron chi connectivity index (χ4n) is 2.57. The molecule has 0 bridgehead atoms. The number of carbonyl (C=O) groups is 2. The molecule has 0 spiro atoms. The van der Waals surface area contributed by atoms with Crippen LogP contribution in [-0.4, -0.2) is 58.9 Å². The third-order valence-corrected chi connectivity index (χ3v) is 3.86. The number of rotatable bonds is 8. The summed E-state index contributed by atoms with van der Waals surface area (Å²) < 4.78 is 21.0. The van der Waals surface area contributed by atoms with Crippen LogP contribution in [0.2, 0.25) is 0 Å². The Bertz CT molecular complexity index is 588. The third-order valence-electron chi connectivity index (χ3n) is 3.86. The molecule has 1 unspecified atom stereocenters. The van der Waals surface area contributed by atoms with Crippen LogP contribution in [0.15, 0.2) is 12.1 Å². The standard InChI is InChI=1S/C17H24N2O6/c1-22-13-9-11(10-14(23-2)15(13)24-3)16(20)18-6-7-19-17(21)12-5-4-8-25-12/h9-10,12H,4-8H2,1-3H3,(H,18,20)(H,19,21). The van der Waals surface area contributed by atoms with Gasteiger partial charge in [0, 0.05) is 25.3 Å². The van der Waals surface area contributed by atoms with E-state index in [1.807, 2.05) is 0 Å². The summed E-state index contributed by atoms with van der Waals surface area (Å²) in [7, 11) is 4.47. The van der Waals surface area contributed by atoms with Gasteiger partial charge in [-0.05, 0) is 25.0 Å². The third kappa shape index (κ3) is 4.76. The van der Waals surface area contributed by atoms with Crippen molar-refractivity contribution in [1.29, 1.82) is 0 Å². The SMILES string of the molecule is COc1cc(C(=O)NCCNC(=O)C2CCCO2)cc(OC)c1OC. The molecule has 2 N–H and O–H groups in total. The molecule has 0 aliphatic carbocycles. The van der Waals surface area contributed by atoms with E-state index in [0.29, 0.717) is 42.5 Å². The molecule has 1 fully saturated rings. The molecular weight excluding hydrogens is 328 g/mol. The van der Waals surface area contributed by atoms with Crippen molar-refractivity contribution in [3.63, 3.8) is 0 Å². The average molecular weight is 352 g/mol. The lowest BCUT2D eigenvalue weighted by Gasteiger charge is -2.14. The first kappa shape index (κ1) is 18.9. The van der Waals surface area contributed by atoms with Crippen LogP contribution in [0.1, 0.15) is 23.2 Å². The zero-order valence-corrected chi connectivity index (χ0v) is 14.7. The van der Waals surface area contributed by atoms with Gasteiger partial charge in [-0.15, -0.1) is 0 Å².